The number of nitriles is 1. The smallest absolute Gasteiger partial charge is 0.228 e. The van der Waals surface area contributed by atoms with Crippen LogP contribution in [0.25, 0.3) is 10.9 Å². The lowest BCUT2D eigenvalue weighted by Gasteiger charge is -2.12. The van der Waals surface area contributed by atoms with Gasteiger partial charge in [-0.1, -0.05) is 18.2 Å². The maximum absolute atomic E-state index is 9.02. The molecular weight excluding hydrogens is 246 g/mol. The standard InChI is InChI=1S/C17H12N3/c18-10-13-3-1-6-16(9-13)20-11-15-5-2-4-14-7-8-19(12-20)17(14)15/h1-9,11H,12H2/q+1. The van der Waals surface area contributed by atoms with Gasteiger partial charge in [0.15, 0.2) is 6.21 Å². The Morgan fingerprint density at radius 1 is 1.10 bits per heavy atom. The van der Waals surface area contributed by atoms with Crippen molar-refractivity contribution in [2.24, 2.45) is 0 Å². The average molecular weight is 258 g/mol. The highest BCUT2D eigenvalue weighted by Crippen LogP contribution is 2.25. The summed E-state index contributed by atoms with van der Waals surface area (Å²) in [5, 5.41) is 10.3. The molecule has 1 aromatic heterocycles. The van der Waals surface area contributed by atoms with Crippen molar-refractivity contribution >= 4 is 22.8 Å². The van der Waals surface area contributed by atoms with Crippen LogP contribution in [-0.4, -0.2) is 15.4 Å². The maximum atomic E-state index is 9.02. The zero-order valence-corrected chi connectivity index (χ0v) is 10.8. The molecule has 3 nitrogen and oxygen atoms in total. The fourth-order valence-electron chi connectivity index (χ4n) is 2.80. The van der Waals surface area contributed by atoms with Crippen molar-refractivity contribution in [2.45, 2.75) is 6.67 Å². The van der Waals surface area contributed by atoms with E-state index in [4.69, 9.17) is 5.26 Å². The molecule has 3 aromatic rings. The first-order chi connectivity index (χ1) is 9.85. The molecule has 20 heavy (non-hydrogen) atoms. The maximum Gasteiger partial charge on any atom is 0.228 e. The lowest BCUT2D eigenvalue weighted by atomic mass is 10.1. The number of aromatic nitrogens is 1. The van der Waals surface area contributed by atoms with Crippen LogP contribution in [0, 0.1) is 11.3 Å². The van der Waals surface area contributed by atoms with Crippen LogP contribution >= 0.6 is 0 Å². The van der Waals surface area contributed by atoms with Gasteiger partial charge in [-0.25, -0.2) is 0 Å². The zero-order valence-electron chi connectivity index (χ0n) is 10.8. The fourth-order valence-corrected chi connectivity index (χ4v) is 2.80. The van der Waals surface area contributed by atoms with Crippen molar-refractivity contribution < 1.29 is 4.58 Å². The minimum absolute atomic E-state index is 0.687. The third-order valence-electron chi connectivity index (χ3n) is 3.73. The van der Waals surface area contributed by atoms with E-state index >= 15 is 0 Å². The second-order valence-electron chi connectivity index (χ2n) is 4.97. The Hall–Kier alpha value is -2.86. The summed E-state index contributed by atoms with van der Waals surface area (Å²) in [4.78, 5) is 0. The summed E-state index contributed by atoms with van der Waals surface area (Å²) in [5.74, 6) is 0. The molecule has 0 unspecified atom stereocenters. The van der Waals surface area contributed by atoms with Gasteiger partial charge in [0, 0.05) is 23.7 Å². The fraction of sp³-hybridized carbons (Fsp3) is 0.0588. The first-order valence-corrected chi connectivity index (χ1v) is 6.55. The molecule has 2 aromatic carbocycles. The second-order valence-corrected chi connectivity index (χ2v) is 4.97. The van der Waals surface area contributed by atoms with Crippen LogP contribution in [-0.2, 0) is 6.67 Å². The van der Waals surface area contributed by atoms with Crippen molar-refractivity contribution in [2.75, 3.05) is 0 Å². The quantitative estimate of drug-likeness (QED) is 0.616. The molecule has 0 amide bonds. The van der Waals surface area contributed by atoms with Crippen LogP contribution in [0.4, 0.5) is 5.69 Å². The number of hydrogen-bond acceptors (Lipinski definition) is 1. The van der Waals surface area contributed by atoms with Gasteiger partial charge in [0.2, 0.25) is 12.4 Å². The number of nitrogens with zero attached hydrogens (tertiary/aromatic N) is 3. The van der Waals surface area contributed by atoms with Crippen molar-refractivity contribution in [3.63, 3.8) is 0 Å². The molecule has 4 rings (SSSR count). The predicted molar refractivity (Wildman–Crippen MR) is 78.2 cm³/mol. The van der Waals surface area contributed by atoms with E-state index in [1.54, 1.807) is 0 Å². The van der Waals surface area contributed by atoms with Gasteiger partial charge in [-0.05, 0) is 18.2 Å². The van der Waals surface area contributed by atoms with Gasteiger partial charge >= 0.3 is 0 Å². The molecule has 0 saturated heterocycles. The molecular formula is C17H12N3+. The molecule has 0 radical (unpaired) electrons. The highest BCUT2D eigenvalue weighted by Gasteiger charge is 2.19. The number of para-hydroxylation sites is 1. The van der Waals surface area contributed by atoms with Crippen LogP contribution in [0.5, 0.6) is 0 Å². The Kier molecular flexibility index (Phi) is 2.24. The SMILES string of the molecule is N#Cc1cccc([N+]2=Cc3cccc4ccn(c34)C2)c1. The van der Waals surface area contributed by atoms with Crippen molar-refractivity contribution in [1.29, 1.82) is 5.26 Å². The molecule has 0 saturated carbocycles. The van der Waals surface area contributed by atoms with Gasteiger partial charge in [0.1, 0.15) is 0 Å². The molecule has 0 fully saturated rings. The van der Waals surface area contributed by atoms with Crippen LogP contribution in [0.2, 0.25) is 0 Å². The van der Waals surface area contributed by atoms with Crippen molar-refractivity contribution in [1.82, 2.24) is 4.57 Å². The summed E-state index contributed by atoms with van der Waals surface area (Å²) in [6.45, 7) is 0.773. The topological polar surface area (TPSA) is 31.7 Å². The minimum Gasteiger partial charge on any atom is -0.291 e. The number of hydrogen-bond donors (Lipinski definition) is 0. The van der Waals surface area contributed by atoms with Crippen molar-refractivity contribution in [3.05, 3.63) is 65.9 Å². The van der Waals surface area contributed by atoms with Gasteiger partial charge in [-0.2, -0.15) is 9.84 Å². The molecule has 1 aliphatic rings. The Labute approximate surface area is 116 Å². The molecule has 0 bridgehead atoms. The summed E-state index contributed by atoms with van der Waals surface area (Å²) < 4.78 is 4.41. The minimum atomic E-state index is 0.687. The second kappa shape index (κ2) is 4.07. The Bertz CT molecular complexity index is 894. The average Bonchev–Trinajstić information content (AvgIpc) is 2.92. The summed E-state index contributed by atoms with van der Waals surface area (Å²) in [5.41, 5.74) is 4.22. The third-order valence-corrected chi connectivity index (χ3v) is 3.73. The molecule has 94 valence electrons. The van der Waals surface area contributed by atoms with Gasteiger partial charge in [-0.3, -0.25) is 4.57 Å². The van der Waals surface area contributed by atoms with E-state index in [1.165, 1.54) is 16.5 Å². The van der Waals surface area contributed by atoms with E-state index in [0.717, 1.165) is 12.4 Å². The Morgan fingerprint density at radius 3 is 2.90 bits per heavy atom. The Morgan fingerprint density at radius 2 is 2.00 bits per heavy atom. The molecule has 0 aliphatic carbocycles. The van der Waals surface area contributed by atoms with Crippen molar-refractivity contribution in [3.8, 4) is 6.07 Å². The summed E-state index contributed by atoms with van der Waals surface area (Å²) in [6.07, 6.45) is 4.27. The van der Waals surface area contributed by atoms with E-state index < -0.39 is 0 Å². The van der Waals surface area contributed by atoms with Gasteiger partial charge in [0.25, 0.3) is 0 Å². The lowest BCUT2D eigenvalue weighted by molar-refractivity contribution is -0.471. The zero-order chi connectivity index (χ0) is 13.5. The Balaban J connectivity index is 1.89. The van der Waals surface area contributed by atoms with Crippen LogP contribution in [0.1, 0.15) is 11.1 Å². The largest absolute Gasteiger partial charge is 0.291 e. The number of benzene rings is 2. The molecule has 1 aliphatic heterocycles. The normalized spacial score (nSPS) is 13.1. The van der Waals surface area contributed by atoms with E-state index in [0.29, 0.717) is 5.56 Å². The molecule has 0 spiro atoms. The van der Waals surface area contributed by atoms with E-state index in [1.807, 2.05) is 24.3 Å². The van der Waals surface area contributed by atoms with Crippen LogP contribution in [0.3, 0.4) is 0 Å². The number of rotatable bonds is 1. The van der Waals surface area contributed by atoms with Crippen LogP contribution in [0.15, 0.2) is 54.7 Å². The monoisotopic (exact) mass is 258 g/mol. The first-order valence-electron chi connectivity index (χ1n) is 6.55. The molecule has 0 atom stereocenters. The molecule has 3 heteroatoms. The highest BCUT2D eigenvalue weighted by molar-refractivity contribution is 5.97. The summed E-state index contributed by atoms with van der Waals surface area (Å²) in [6, 6.07) is 18.4. The molecule has 0 N–H and O–H groups in total. The van der Waals surface area contributed by atoms with E-state index in [9.17, 15) is 0 Å². The van der Waals surface area contributed by atoms with Gasteiger partial charge < -0.3 is 0 Å². The molecule has 2 heterocycles. The van der Waals surface area contributed by atoms with E-state index in [2.05, 4.69) is 51.9 Å². The van der Waals surface area contributed by atoms with Crippen LogP contribution < -0.4 is 0 Å². The summed E-state index contributed by atoms with van der Waals surface area (Å²) in [7, 11) is 0. The third kappa shape index (κ3) is 1.55. The van der Waals surface area contributed by atoms with Gasteiger partial charge in [0.05, 0.1) is 22.7 Å². The highest BCUT2D eigenvalue weighted by atomic mass is 15.2. The summed E-state index contributed by atoms with van der Waals surface area (Å²) >= 11 is 0. The lowest BCUT2D eigenvalue weighted by Crippen LogP contribution is -2.18. The van der Waals surface area contributed by atoms with E-state index in [-0.39, 0.29) is 0 Å². The van der Waals surface area contributed by atoms with Gasteiger partial charge in [-0.15, -0.1) is 0 Å². The first kappa shape index (κ1) is 11.0. The predicted octanol–water partition coefficient (Wildman–Crippen LogP) is 3.25.